The first kappa shape index (κ1) is 8.93. The first-order chi connectivity index (χ1) is 6.72. The second-order valence-electron chi connectivity index (χ2n) is 3.03. The van der Waals surface area contributed by atoms with Gasteiger partial charge in [-0.25, -0.2) is 9.78 Å². The van der Waals surface area contributed by atoms with Gasteiger partial charge in [0.15, 0.2) is 0 Å². The predicted molar refractivity (Wildman–Crippen MR) is 47.6 cm³/mol. The minimum absolute atomic E-state index is 0.178. The van der Waals surface area contributed by atoms with Crippen LogP contribution in [0, 0.1) is 0 Å². The summed E-state index contributed by atoms with van der Waals surface area (Å²) in [6.45, 7) is 2.51. The van der Waals surface area contributed by atoms with Crippen molar-refractivity contribution in [3.05, 3.63) is 17.1 Å². The van der Waals surface area contributed by atoms with E-state index < -0.39 is 5.97 Å². The van der Waals surface area contributed by atoms with Crippen LogP contribution in [0.15, 0.2) is 0 Å². The Balaban J connectivity index is 2.54. The van der Waals surface area contributed by atoms with E-state index in [1.807, 2.05) is 6.92 Å². The van der Waals surface area contributed by atoms with Crippen molar-refractivity contribution in [2.45, 2.75) is 19.8 Å². The molecule has 1 aromatic rings. The monoisotopic (exact) mass is 194 g/mol. The highest BCUT2D eigenvalue weighted by molar-refractivity contribution is 5.83. The standard InChI is InChI=1S/C9H10N2O3/c1-2-6-5-3-4-14-8(5)11-7(10-6)9(12)13/h2-4H2,1H3,(H,12,13). The average molecular weight is 194 g/mol. The number of hydrogen-bond donors (Lipinski definition) is 1. The molecule has 2 rings (SSSR count). The molecule has 0 atom stereocenters. The van der Waals surface area contributed by atoms with E-state index in [4.69, 9.17) is 9.84 Å². The van der Waals surface area contributed by atoms with Crippen LogP contribution in [0.25, 0.3) is 0 Å². The van der Waals surface area contributed by atoms with Crippen molar-refractivity contribution >= 4 is 5.97 Å². The fourth-order valence-corrected chi connectivity index (χ4v) is 1.52. The van der Waals surface area contributed by atoms with Crippen molar-refractivity contribution in [3.8, 4) is 5.88 Å². The number of aryl methyl sites for hydroxylation is 1. The van der Waals surface area contributed by atoms with Crippen molar-refractivity contribution in [1.29, 1.82) is 0 Å². The Kier molecular flexibility index (Phi) is 2.07. The highest BCUT2D eigenvalue weighted by Crippen LogP contribution is 2.25. The summed E-state index contributed by atoms with van der Waals surface area (Å²) >= 11 is 0. The first-order valence-corrected chi connectivity index (χ1v) is 4.48. The molecule has 0 bridgehead atoms. The third-order valence-corrected chi connectivity index (χ3v) is 2.17. The number of nitrogens with zero attached hydrogens (tertiary/aromatic N) is 2. The molecule has 0 aliphatic carbocycles. The van der Waals surface area contributed by atoms with Crippen LogP contribution in [-0.2, 0) is 12.8 Å². The average Bonchev–Trinajstić information content (AvgIpc) is 2.63. The molecule has 1 N–H and O–H groups in total. The second-order valence-corrected chi connectivity index (χ2v) is 3.03. The minimum atomic E-state index is -1.11. The summed E-state index contributed by atoms with van der Waals surface area (Å²) in [7, 11) is 0. The number of carbonyl (C=O) groups is 1. The molecule has 74 valence electrons. The molecular formula is C9H10N2O3. The molecule has 0 saturated heterocycles. The van der Waals surface area contributed by atoms with E-state index in [-0.39, 0.29) is 5.82 Å². The molecule has 1 aliphatic rings. The van der Waals surface area contributed by atoms with E-state index in [1.54, 1.807) is 0 Å². The highest BCUT2D eigenvalue weighted by atomic mass is 16.5. The van der Waals surface area contributed by atoms with E-state index in [2.05, 4.69) is 9.97 Å². The maximum Gasteiger partial charge on any atom is 0.374 e. The Hall–Kier alpha value is -1.65. The number of aromatic carboxylic acids is 1. The molecule has 0 aromatic carbocycles. The quantitative estimate of drug-likeness (QED) is 0.749. The fourth-order valence-electron chi connectivity index (χ4n) is 1.52. The lowest BCUT2D eigenvalue weighted by atomic mass is 10.1. The number of ether oxygens (including phenoxy) is 1. The van der Waals surface area contributed by atoms with E-state index in [1.165, 1.54) is 0 Å². The molecule has 0 unspecified atom stereocenters. The summed E-state index contributed by atoms with van der Waals surface area (Å²) in [6, 6.07) is 0. The first-order valence-electron chi connectivity index (χ1n) is 4.48. The number of aromatic nitrogens is 2. The third-order valence-electron chi connectivity index (χ3n) is 2.17. The molecule has 2 heterocycles. The van der Waals surface area contributed by atoms with Crippen LogP contribution in [0.1, 0.15) is 28.8 Å². The number of carboxylic acid groups (broad SMARTS) is 1. The largest absolute Gasteiger partial charge is 0.477 e. The normalized spacial score (nSPS) is 13.5. The van der Waals surface area contributed by atoms with E-state index in [9.17, 15) is 4.79 Å². The van der Waals surface area contributed by atoms with E-state index in [0.717, 1.165) is 17.7 Å². The van der Waals surface area contributed by atoms with Gasteiger partial charge in [0.25, 0.3) is 0 Å². The van der Waals surface area contributed by atoms with Crippen molar-refractivity contribution in [2.75, 3.05) is 6.61 Å². The molecule has 1 aliphatic heterocycles. The van der Waals surface area contributed by atoms with E-state index >= 15 is 0 Å². The Morgan fingerprint density at radius 3 is 3.00 bits per heavy atom. The lowest BCUT2D eigenvalue weighted by molar-refractivity contribution is 0.0682. The Labute approximate surface area is 80.8 Å². The Morgan fingerprint density at radius 2 is 2.36 bits per heavy atom. The van der Waals surface area contributed by atoms with Crippen LogP contribution >= 0.6 is 0 Å². The summed E-state index contributed by atoms with van der Waals surface area (Å²) < 4.78 is 5.22. The van der Waals surface area contributed by atoms with Gasteiger partial charge < -0.3 is 9.84 Å². The van der Waals surface area contributed by atoms with E-state index in [0.29, 0.717) is 18.9 Å². The van der Waals surface area contributed by atoms with Gasteiger partial charge in [-0.2, -0.15) is 4.98 Å². The highest BCUT2D eigenvalue weighted by Gasteiger charge is 2.21. The summed E-state index contributed by atoms with van der Waals surface area (Å²) in [5.74, 6) is -0.852. The van der Waals surface area contributed by atoms with Crippen molar-refractivity contribution in [3.63, 3.8) is 0 Å². The Morgan fingerprint density at radius 1 is 1.57 bits per heavy atom. The smallest absolute Gasteiger partial charge is 0.374 e. The zero-order valence-electron chi connectivity index (χ0n) is 7.78. The molecule has 0 saturated carbocycles. The second kappa shape index (κ2) is 3.25. The fraction of sp³-hybridized carbons (Fsp3) is 0.444. The molecule has 5 nitrogen and oxygen atoms in total. The van der Waals surface area contributed by atoms with Gasteiger partial charge in [0.1, 0.15) is 0 Å². The van der Waals surface area contributed by atoms with Crippen LogP contribution in [-0.4, -0.2) is 27.7 Å². The number of fused-ring (bicyclic) bond motifs is 1. The number of hydrogen-bond acceptors (Lipinski definition) is 4. The SMILES string of the molecule is CCc1nc(C(=O)O)nc2c1CCO2. The minimum Gasteiger partial charge on any atom is -0.477 e. The number of carboxylic acids is 1. The lowest BCUT2D eigenvalue weighted by Gasteiger charge is -2.03. The van der Waals surface area contributed by atoms with Gasteiger partial charge in [-0.05, 0) is 6.42 Å². The van der Waals surface area contributed by atoms with Gasteiger partial charge in [-0.1, -0.05) is 6.92 Å². The van der Waals surface area contributed by atoms with Crippen molar-refractivity contribution in [2.24, 2.45) is 0 Å². The van der Waals surface area contributed by atoms with Gasteiger partial charge in [-0.3, -0.25) is 0 Å². The maximum absolute atomic E-state index is 10.7. The van der Waals surface area contributed by atoms with Gasteiger partial charge in [0.2, 0.25) is 11.7 Å². The van der Waals surface area contributed by atoms with Crippen LogP contribution in [0.2, 0.25) is 0 Å². The summed E-state index contributed by atoms with van der Waals surface area (Å²) in [5.41, 5.74) is 1.74. The molecule has 0 spiro atoms. The van der Waals surface area contributed by atoms with Crippen LogP contribution in [0.5, 0.6) is 5.88 Å². The molecule has 14 heavy (non-hydrogen) atoms. The topological polar surface area (TPSA) is 72.3 Å². The van der Waals surface area contributed by atoms with Crippen molar-refractivity contribution < 1.29 is 14.6 Å². The molecule has 0 fully saturated rings. The number of rotatable bonds is 2. The third kappa shape index (κ3) is 1.30. The zero-order valence-corrected chi connectivity index (χ0v) is 7.78. The van der Waals surface area contributed by atoms with Gasteiger partial charge in [0.05, 0.1) is 12.3 Å². The summed E-state index contributed by atoms with van der Waals surface area (Å²) in [6.07, 6.45) is 1.48. The summed E-state index contributed by atoms with van der Waals surface area (Å²) in [5, 5.41) is 8.76. The molecule has 0 amide bonds. The Bertz CT molecular complexity index is 390. The molecule has 5 heteroatoms. The van der Waals surface area contributed by atoms with Crippen LogP contribution < -0.4 is 4.74 Å². The zero-order chi connectivity index (χ0) is 10.1. The van der Waals surface area contributed by atoms with Gasteiger partial charge >= 0.3 is 5.97 Å². The van der Waals surface area contributed by atoms with Crippen LogP contribution in [0.3, 0.4) is 0 Å². The van der Waals surface area contributed by atoms with Gasteiger partial charge in [-0.15, -0.1) is 0 Å². The van der Waals surface area contributed by atoms with Crippen molar-refractivity contribution in [1.82, 2.24) is 9.97 Å². The van der Waals surface area contributed by atoms with Crippen LogP contribution in [0.4, 0.5) is 0 Å². The molecule has 0 radical (unpaired) electrons. The molecule has 1 aromatic heterocycles. The summed E-state index contributed by atoms with van der Waals surface area (Å²) in [4.78, 5) is 18.5. The lowest BCUT2D eigenvalue weighted by Crippen LogP contribution is -2.08. The predicted octanol–water partition coefficient (Wildman–Crippen LogP) is 0.672. The maximum atomic E-state index is 10.7. The van der Waals surface area contributed by atoms with Gasteiger partial charge in [0, 0.05) is 12.0 Å². The molecular weight excluding hydrogens is 184 g/mol.